The van der Waals surface area contributed by atoms with Crippen LogP contribution < -0.4 is 19.6 Å². The van der Waals surface area contributed by atoms with Crippen LogP contribution >= 0.6 is 11.6 Å². The number of benzene rings is 3. The largest absolute Gasteiger partial charge is 0.497 e. The van der Waals surface area contributed by atoms with Crippen LogP contribution in [0, 0.1) is 0 Å². The summed E-state index contributed by atoms with van der Waals surface area (Å²) in [6.45, 7) is 0. The van der Waals surface area contributed by atoms with E-state index < -0.39 is 6.23 Å². The summed E-state index contributed by atoms with van der Waals surface area (Å²) in [5, 5.41) is 2.74. The molecule has 0 bridgehead atoms. The highest BCUT2D eigenvalue weighted by Gasteiger charge is 2.41. The Morgan fingerprint density at radius 1 is 0.900 bits per heavy atom. The average molecular weight is 421 g/mol. The second kappa shape index (κ2) is 7.59. The van der Waals surface area contributed by atoms with Gasteiger partial charge in [-0.1, -0.05) is 41.9 Å². The van der Waals surface area contributed by atoms with E-state index in [1.165, 1.54) is 0 Å². The number of hydrogen-bond donors (Lipinski definition) is 1. The summed E-state index contributed by atoms with van der Waals surface area (Å²) in [6, 6.07) is 21.6. The number of fused-ring (bicyclic) bond motifs is 3. The number of hydrazine groups is 1. The third kappa shape index (κ3) is 3.07. The Kier molecular flexibility index (Phi) is 4.77. The molecule has 0 radical (unpaired) electrons. The van der Waals surface area contributed by atoms with E-state index in [9.17, 15) is 0 Å². The summed E-state index contributed by atoms with van der Waals surface area (Å²) < 4.78 is 17.3. The predicted octanol–water partition coefficient (Wildman–Crippen LogP) is 5.35. The zero-order valence-corrected chi connectivity index (χ0v) is 17.4. The first-order valence-corrected chi connectivity index (χ1v) is 10.1. The first-order valence-electron chi connectivity index (χ1n) is 9.69. The van der Waals surface area contributed by atoms with Crippen molar-refractivity contribution >= 4 is 17.3 Å². The molecule has 3 aromatic rings. The number of halogens is 1. The zero-order valence-electron chi connectivity index (χ0n) is 16.6. The molecule has 2 unspecified atom stereocenters. The van der Waals surface area contributed by atoms with Crippen LogP contribution in [0.5, 0.6) is 17.2 Å². The maximum absolute atomic E-state index is 6.54. The van der Waals surface area contributed by atoms with Gasteiger partial charge >= 0.3 is 0 Å². The van der Waals surface area contributed by atoms with E-state index in [-0.39, 0.29) is 6.04 Å². The molecule has 0 aromatic heterocycles. The smallest absolute Gasteiger partial charge is 0.197 e. The monoisotopic (exact) mass is 420 g/mol. The Labute approximate surface area is 180 Å². The highest BCUT2D eigenvalue weighted by atomic mass is 35.5. The van der Waals surface area contributed by atoms with Crippen LogP contribution in [-0.2, 0) is 0 Å². The molecule has 1 N–H and O–H groups in total. The second-order valence-electron chi connectivity index (χ2n) is 7.14. The van der Waals surface area contributed by atoms with Gasteiger partial charge in [0.1, 0.15) is 5.75 Å². The third-order valence-corrected chi connectivity index (χ3v) is 5.82. The van der Waals surface area contributed by atoms with Crippen LogP contribution in [0.2, 0.25) is 5.02 Å². The summed E-state index contributed by atoms with van der Waals surface area (Å²) in [7, 11) is 3.32. The van der Waals surface area contributed by atoms with Crippen LogP contribution in [-0.4, -0.2) is 19.2 Å². The molecule has 0 amide bonds. The van der Waals surface area contributed by atoms with Crippen molar-refractivity contribution in [2.75, 3.05) is 14.2 Å². The van der Waals surface area contributed by atoms with Crippen molar-refractivity contribution in [2.24, 2.45) is 0 Å². The average Bonchev–Trinajstić information content (AvgIpc) is 3.24. The highest BCUT2D eigenvalue weighted by Crippen LogP contribution is 2.50. The summed E-state index contributed by atoms with van der Waals surface area (Å²) in [5.41, 5.74) is 7.51. The highest BCUT2D eigenvalue weighted by molar-refractivity contribution is 6.31. The number of methoxy groups -OCH3 is 2. The van der Waals surface area contributed by atoms with Crippen molar-refractivity contribution in [1.29, 1.82) is 0 Å². The fraction of sp³-hybridized carbons (Fsp3) is 0.167. The molecule has 6 heteroatoms. The van der Waals surface area contributed by atoms with Gasteiger partial charge in [-0.25, -0.2) is 0 Å². The lowest BCUT2D eigenvalue weighted by molar-refractivity contribution is -0.0342. The van der Waals surface area contributed by atoms with Gasteiger partial charge in [0, 0.05) is 16.1 Å². The number of ether oxygens (including phenoxy) is 3. The zero-order chi connectivity index (χ0) is 20.7. The molecular weight excluding hydrogens is 400 g/mol. The first kappa shape index (κ1) is 18.9. The van der Waals surface area contributed by atoms with Gasteiger partial charge in [-0.05, 0) is 48.0 Å². The molecule has 2 heterocycles. The number of nitrogens with one attached hydrogen (secondary N) is 1. The van der Waals surface area contributed by atoms with E-state index >= 15 is 0 Å². The molecule has 5 rings (SSSR count). The van der Waals surface area contributed by atoms with Crippen molar-refractivity contribution in [3.05, 3.63) is 94.5 Å². The minimum Gasteiger partial charge on any atom is -0.497 e. The summed E-state index contributed by atoms with van der Waals surface area (Å²) in [5.74, 6) is 2.26. The number of rotatable bonds is 4. The fourth-order valence-corrected chi connectivity index (χ4v) is 4.20. The van der Waals surface area contributed by atoms with E-state index in [0.29, 0.717) is 10.8 Å². The van der Waals surface area contributed by atoms with E-state index in [1.807, 2.05) is 60.7 Å². The quantitative estimate of drug-likeness (QED) is 0.616. The van der Waals surface area contributed by atoms with Crippen LogP contribution in [0.1, 0.15) is 29.0 Å². The molecule has 2 aliphatic heterocycles. The fourth-order valence-electron chi connectivity index (χ4n) is 3.97. The van der Waals surface area contributed by atoms with E-state index in [0.717, 1.165) is 33.9 Å². The lowest BCUT2D eigenvalue weighted by atomic mass is 10.00. The number of para-hydroxylation sites is 1. The number of nitrogens with zero attached hydrogens (tertiary/aromatic N) is 1. The molecule has 0 saturated carbocycles. The van der Waals surface area contributed by atoms with Crippen LogP contribution in [0.15, 0.2) is 72.8 Å². The normalized spacial score (nSPS) is 19.8. The Bertz CT molecular complexity index is 1110. The van der Waals surface area contributed by atoms with Crippen molar-refractivity contribution in [1.82, 2.24) is 10.4 Å². The second-order valence-corrected chi connectivity index (χ2v) is 7.55. The van der Waals surface area contributed by atoms with Gasteiger partial charge in [0.25, 0.3) is 0 Å². The molecule has 152 valence electrons. The van der Waals surface area contributed by atoms with Gasteiger partial charge in [0.15, 0.2) is 17.7 Å². The van der Waals surface area contributed by atoms with Crippen molar-refractivity contribution in [3.63, 3.8) is 0 Å². The Hall–Kier alpha value is -3.15. The molecule has 3 aromatic carbocycles. The molecule has 5 nitrogen and oxygen atoms in total. The molecule has 2 atom stereocenters. The van der Waals surface area contributed by atoms with Gasteiger partial charge in [-0.2, -0.15) is 5.01 Å². The maximum atomic E-state index is 6.54. The Morgan fingerprint density at radius 3 is 2.40 bits per heavy atom. The predicted molar refractivity (Wildman–Crippen MR) is 117 cm³/mol. The minimum atomic E-state index is -0.417. The van der Waals surface area contributed by atoms with Gasteiger partial charge in [-0.3, -0.25) is 0 Å². The van der Waals surface area contributed by atoms with Crippen LogP contribution in [0.3, 0.4) is 0 Å². The summed E-state index contributed by atoms with van der Waals surface area (Å²) >= 11 is 6.54. The van der Waals surface area contributed by atoms with Gasteiger partial charge in [0.05, 0.1) is 26.0 Å². The Morgan fingerprint density at radius 2 is 1.67 bits per heavy atom. The van der Waals surface area contributed by atoms with E-state index in [1.54, 1.807) is 14.2 Å². The third-order valence-electron chi connectivity index (χ3n) is 5.48. The minimum absolute atomic E-state index is 0.0396. The lowest BCUT2D eigenvalue weighted by Gasteiger charge is -2.39. The molecule has 30 heavy (non-hydrogen) atoms. The summed E-state index contributed by atoms with van der Waals surface area (Å²) in [4.78, 5) is 0. The lowest BCUT2D eigenvalue weighted by Crippen LogP contribution is -2.43. The SMILES string of the molecule is COc1ccc(C2=CC3c4cccc(OC)c4OC(c4ccccc4Cl)N3N2)cc1. The summed E-state index contributed by atoms with van der Waals surface area (Å²) in [6.07, 6.45) is 1.78. The molecule has 0 fully saturated rings. The van der Waals surface area contributed by atoms with Gasteiger partial charge in [0.2, 0.25) is 0 Å². The standard InChI is InChI=1S/C24H21ClN2O3/c1-28-16-12-10-15(11-13-16)20-14-21-18-7-5-9-22(29-2)23(18)30-24(27(21)26-20)17-6-3-4-8-19(17)25/h3-14,21,24,26H,1-2H3. The van der Waals surface area contributed by atoms with Crippen LogP contribution in [0.25, 0.3) is 5.70 Å². The number of hydrogen-bond acceptors (Lipinski definition) is 5. The molecular formula is C24H21ClN2O3. The molecule has 0 spiro atoms. The molecule has 2 aliphatic rings. The van der Waals surface area contributed by atoms with Crippen molar-refractivity contribution < 1.29 is 14.2 Å². The maximum Gasteiger partial charge on any atom is 0.197 e. The van der Waals surface area contributed by atoms with Crippen molar-refractivity contribution in [2.45, 2.75) is 12.3 Å². The van der Waals surface area contributed by atoms with Gasteiger partial charge in [-0.15, -0.1) is 0 Å². The van der Waals surface area contributed by atoms with E-state index in [2.05, 4.69) is 22.6 Å². The topological polar surface area (TPSA) is 43.0 Å². The Balaban J connectivity index is 1.61. The van der Waals surface area contributed by atoms with Crippen molar-refractivity contribution in [3.8, 4) is 17.2 Å². The van der Waals surface area contributed by atoms with Crippen LogP contribution in [0.4, 0.5) is 0 Å². The molecule has 0 aliphatic carbocycles. The van der Waals surface area contributed by atoms with E-state index in [4.69, 9.17) is 25.8 Å². The van der Waals surface area contributed by atoms with Gasteiger partial charge < -0.3 is 19.6 Å². The first-order chi connectivity index (χ1) is 14.7. The molecule has 0 saturated heterocycles.